The Labute approximate surface area is 460 Å². The molecule has 1 aromatic heterocycles. The first-order chi connectivity index (χ1) is 28.8. The average Bonchev–Trinajstić information content (AvgIpc) is 3.57. The first kappa shape index (κ1) is 54.8. The van der Waals surface area contributed by atoms with E-state index in [0.717, 1.165) is 11.1 Å². The third kappa shape index (κ3) is 12.6. The predicted molar refractivity (Wildman–Crippen MR) is 231 cm³/mol. The number of carboxylic acid groups (broad SMARTS) is 1. The van der Waals surface area contributed by atoms with E-state index in [1.807, 2.05) is 69.2 Å². The zero-order valence-electron chi connectivity index (χ0n) is 37.2. The van der Waals surface area contributed by atoms with Crippen LogP contribution in [0.2, 0.25) is 0 Å². The predicted octanol–water partition coefficient (Wildman–Crippen LogP) is 0.180. The number of hydrogen-bond acceptors (Lipinski definition) is 13. The Morgan fingerprint density at radius 2 is 1.41 bits per heavy atom. The van der Waals surface area contributed by atoms with Gasteiger partial charge >= 0.3 is 115 Å². The number of amidine groups is 1. The van der Waals surface area contributed by atoms with Crippen molar-refractivity contribution in [3.8, 4) is 11.1 Å². The molecule has 15 nitrogen and oxygen atoms in total. The summed E-state index contributed by atoms with van der Waals surface area (Å²) in [5.41, 5.74) is 4.44. The molecule has 0 atom stereocenters. The van der Waals surface area contributed by atoms with Crippen molar-refractivity contribution in [1.29, 1.82) is 0 Å². The van der Waals surface area contributed by atoms with Crippen molar-refractivity contribution in [2.45, 2.75) is 95.4 Å². The minimum Gasteiger partial charge on any atom is -0.748 e. The molecule has 0 unspecified atom stereocenters. The number of aromatic nitrogens is 1. The molecule has 330 valence electrons. The number of carbonyl (C=O) groups is 1. The van der Waals surface area contributed by atoms with Gasteiger partial charge in [-0.1, -0.05) is 50.6 Å². The fourth-order valence-electron chi connectivity index (χ4n) is 7.86. The maximum absolute atomic E-state index is 12.1. The molecular weight excluding hydrogens is 935 g/mol. The van der Waals surface area contributed by atoms with Gasteiger partial charge in [-0.2, -0.15) is 0 Å². The van der Waals surface area contributed by atoms with Gasteiger partial charge in [0.25, 0.3) is 0 Å². The number of aryl methyl sites for hydroxylation is 3. The fourth-order valence-corrected chi connectivity index (χ4v) is 9.81. The number of unbranched alkanes of at least 4 members (excludes halogenated alkanes) is 2. The number of hydrogen-bond donors (Lipinski definition) is 1. The van der Waals surface area contributed by atoms with E-state index in [-0.39, 0.29) is 132 Å². The SMILES string of the molecule is Cc1ccc(C2=CN(CCCCCC(=O)O)C3=N/C(=C\C=C\C4=Nc5c(cc(-c6ccc(C)c(S(=O)(=O)[O-])c6)c[n+]5CCCS(=O)(=O)[O-])C4(C)C)C(C)(C)C3=C2)cc1S(=O)(=O)[O-].[K+].[K+]. The van der Waals surface area contributed by atoms with Crippen molar-refractivity contribution >= 4 is 59.3 Å². The average molecular weight is 983 g/mol. The molecule has 0 saturated carbocycles. The van der Waals surface area contributed by atoms with E-state index in [1.54, 1.807) is 42.0 Å². The molecule has 0 bridgehead atoms. The number of benzene rings is 2. The molecule has 2 aromatic carbocycles. The maximum Gasteiger partial charge on any atom is 1.00 e. The molecule has 3 aliphatic heterocycles. The third-order valence-corrected chi connectivity index (χ3v) is 14.2. The molecule has 0 fully saturated rings. The molecular formula is C44H48K2N4O11S3. The topological polar surface area (TPSA) is 241 Å². The molecule has 0 amide bonds. The summed E-state index contributed by atoms with van der Waals surface area (Å²) < 4.78 is 109. The monoisotopic (exact) mass is 982 g/mol. The number of aliphatic carboxylic acids is 1. The third-order valence-electron chi connectivity index (χ3n) is 11.5. The summed E-state index contributed by atoms with van der Waals surface area (Å²) in [4.78, 5) is 22.5. The van der Waals surface area contributed by atoms with Crippen molar-refractivity contribution in [2.75, 3.05) is 12.3 Å². The van der Waals surface area contributed by atoms with Crippen molar-refractivity contribution in [2.24, 2.45) is 15.4 Å². The zero-order chi connectivity index (χ0) is 45.6. The number of allylic oxidation sites excluding steroid dienone is 6. The summed E-state index contributed by atoms with van der Waals surface area (Å²) in [6.07, 6.45) is 12.9. The smallest absolute Gasteiger partial charge is 0.748 e. The normalized spacial score (nSPS) is 17.2. The van der Waals surface area contributed by atoms with Gasteiger partial charge in [0.05, 0.1) is 49.3 Å². The van der Waals surface area contributed by atoms with E-state index in [1.165, 1.54) is 19.1 Å². The number of pyridine rings is 1. The Kier molecular flexibility index (Phi) is 18.2. The Hall–Kier alpha value is -1.84. The van der Waals surface area contributed by atoms with Gasteiger partial charge in [-0.15, -0.1) is 0 Å². The van der Waals surface area contributed by atoms with E-state index in [0.29, 0.717) is 82.3 Å². The Morgan fingerprint density at radius 1 is 0.797 bits per heavy atom. The maximum atomic E-state index is 12.1. The first-order valence-electron chi connectivity index (χ1n) is 19.9. The molecule has 0 spiro atoms. The van der Waals surface area contributed by atoms with Crippen LogP contribution in [0.1, 0.15) is 82.1 Å². The number of fused-ring (bicyclic) bond motifs is 2. The number of nitrogens with zero attached hydrogens (tertiary/aromatic N) is 4. The quantitative estimate of drug-likeness (QED) is 0.0876. The van der Waals surface area contributed by atoms with Gasteiger partial charge in [-0.25, -0.2) is 34.8 Å². The minimum absolute atomic E-state index is 0. The molecule has 20 heteroatoms. The van der Waals surface area contributed by atoms with Crippen LogP contribution in [0.4, 0.5) is 5.82 Å². The molecule has 1 N–H and O–H groups in total. The molecule has 6 rings (SSSR count). The Bertz CT molecular complexity index is 2900. The largest absolute Gasteiger partial charge is 1.00 e. The van der Waals surface area contributed by atoms with E-state index in [2.05, 4.69) is 0 Å². The second-order valence-corrected chi connectivity index (χ2v) is 21.0. The van der Waals surface area contributed by atoms with Crippen LogP contribution < -0.4 is 107 Å². The summed E-state index contributed by atoms with van der Waals surface area (Å²) in [5.74, 6) is -0.257. The van der Waals surface area contributed by atoms with Gasteiger partial charge in [0.2, 0.25) is 0 Å². The van der Waals surface area contributed by atoms with Crippen LogP contribution in [0.15, 0.2) is 110 Å². The molecule has 0 radical (unpaired) electrons. The summed E-state index contributed by atoms with van der Waals surface area (Å²) in [5, 5.41) is 9.12. The van der Waals surface area contributed by atoms with Gasteiger partial charge in [-0.05, 0) is 116 Å². The summed E-state index contributed by atoms with van der Waals surface area (Å²) >= 11 is 0. The van der Waals surface area contributed by atoms with Gasteiger partial charge in [-0.3, -0.25) is 4.79 Å². The standard InChI is InChI=1S/C44H50N4O11S3.2K/c1-28-15-17-30(24-36(28)61(54,55)56)32-22-34-41(47(26-32)19-9-7-8-14-40(49)50)45-38(43(34,3)4)12-10-13-39-44(5,6)35-23-33(31-18-16-29(2)37(25-31)62(57,58)59)27-48(42(35)46-39)20-11-21-60(51,52)53;;/h10,12-13,15-18,22-27H,7-9,11,14,19-21H2,1-6H3,(H3-,49,50,51,52,53,54,55,56,57,58,59);;/q;2*+1/p-2. The van der Waals surface area contributed by atoms with Crippen LogP contribution >= 0.6 is 0 Å². The van der Waals surface area contributed by atoms with Crippen LogP contribution in [0.5, 0.6) is 0 Å². The Balaban J connectivity index is 0.00000449. The van der Waals surface area contributed by atoms with Crippen molar-refractivity contribution in [3.63, 3.8) is 0 Å². The summed E-state index contributed by atoms with van der Waals surface area (Å²) in [6, 6.07) is 11.2. The van der Waals surface area contributed by atoms with Gasteiger partial charge in [0, 0.05) is 41.5 Å². The van der Waals surface area contributed by atoms with Crippen LogP contribution in [-0.4, -0.2) is 78.7 Å². The number of carboxylic acids is 1. The van der Waals surface area contributed by atoms with E-state index in [4.69, 9.17) is 15.1 Å². The zero-order valence-corrected chi connectivity index (χ0v) is 45.9. The van der Waals surface area contributed by atoms with Crippen LogP contribution in [-0.2, 0) is 47.1 Å². The molecule has 64 heavy (non-hydrogen) atoms. The second-order valence-electron chi connectivity index (χ2n) is 16.8. The summed E-state index contributed by atoms with van der Waals surface area (Å²) in [6.45, 7) is 11.7. The fraction of sp³-hybridized carbons (Fsp3) is 0.364. The molecule has 3 aliphatic rings. The molecule has 4 heterocycles. The minimum atomic E-state index is -4.78. The van der Waals surface area contributed by atoms with Gasteiger partial charge in [0.15, 0.2) is 5.71 Å². The van der Waals surface area contributed by atoms with E-state index < -0.39 is 52.9 Å². The Morgan fingerprint density at radius 3 is 2.00 bits per heavy atom. The number of rotatable bonds is 16. The van der Waals surface area contributed by atoms with Crippen molar-refractivity contribution in [1.82, 2.24) is 4.90 Å². The van der Waals surface area contributed by atoms with E-state index >= 15 is 0 Å². The van der Waals surface area contributed by atoms with E-state index in [9.17, 15) is 43.7 Å². The second kappa shape index (κ2) is 21.2. The number of aliphatic imine (C=N–C) groups is 2. The van der Waals surface area contributed by atoms with Crippen LogP contribution in [0.25, 0.3) is 16.7 Å². The van der Waals surface area contributed by atoms with Gasteiger partial charge in [0.1, 0.15) is 26.1 Å². The van der Waals surface area contributed by atoms with Crippen LogP contribution in [0, 0.1) is 19.3 Å². The summed E-state index contributed by atoms with van der Waals surface area (Å²) in [7, 11) is -14.0. The van der Waals surface area contributed by atoms with Crippen LogP contribution in [0.3, 0.4) is 0 Å². The first-order valence-corrected chi connectivity index (χ1v) is 24.3. The van der Waals surface area contributed by atoms with Crippen molar-refractivity contribution < 1.29 is 156 Å². The molecule has 3 aromatic rings. The molecule has 0 saturated heterocycles. The molecule has 0 aliphatic carbocycles. The van der Waals surface area contributed by atoms with Gasteiger partial charge < -0.3 is 23.7 Å². The van der Waals surface area contributed by atoms with Crippen molar-refractivity contribution in [3.05, 3.63) is 113 Å².